The molecule has 190 valence electrons. The van der Waals surface area contributed by atoms with Crippen LogP contribution in [0.2, 0.25) is 0 Å². The van der Waals surface area contributed by atoms with E-state index in [0.29, 0.717) is 49.8 Å². The molecule has 6 heteroatoms. The molecule has 0 unspecified atom stereocenters. The van der Waals surface area contributed by atoms with Gasteiger partial charge in [0, 0.05) is 37.1 Å². The Kier molecular flexibility index (Phi) is 7.26. The standard InChI is InChI=1S/C31H33N3O3/c1-3-17-33(30(35)25-12-10-23(2)11-13-25)21-27-9-6-18-32(27)22-28-14-15-29(37-28)31(36)34-19-16-24-7-4-5-8-26(24)20-34/h4-15,18H,3,16-17,19-22H2,1-2H3. The van der Waals surface area contributed by atoms with E-state index >= 15 is 0 Å². The van der Waals surface area contributed by atoms with Gasteiger partial charge in [0.25, 0.3) is 11.8 Å². The Balaban J connectivity index is 1.26. The average molecular weight is 496 g/mol. The third kappa shape index (κ3) is 5.53. The Morgan fingerprint density at radius 3 is 2.51 bits per heavy atom. The maximum Gasteiger partial charge on any atom is 0.289 e. The molecular weight excluding hydrogens is 462 g/mol. The molecule has 0 radical (unpaired) electrons. The second kappa shape index (κ2) is 10.9. The number of hydrogen-bond acceptors (Lipinski definition) is 3. The first-order chi connectivity index (χ1) is 18.0. The van der Waals surface area contributed by atoms with E-state index in [4.69, 9.17) is 4.42 Å². The lowest BCUT2D eigenvalue weighted by molar-refractivity contribution is 0.0698. The van der Waals surface area contributed by atoms with Crippen LogP contribution in [0.15, 0.2) is 83.4 Å². The van der Waals surface area contributed by atoms with Crippen molar-refractivity contribution in [1.82, 2.24) is 14.4 Å². The zero-order valence-corrected chi connectivity index (χ0v) is 21.5. The van der Waals surface area contributed by atoms with Crippen LogP contribution in [-0.4, -0.2) is 39.3 Å². The van der Waals surface area contributed by atoms with Gasteiger partial charge in [-0.15, -0.1) is 0 Å². The van der Waals surface area contributed by atoms with Gasteiger partial charge in [0.05, 0.1) is 13.1 Å². The molecule has 3 heterocycles. The monoisotopic (exact) mass is 495 g/mol. The Hall–Kier alpha value is -4.06. The topological polar surface area (TPSA) is 58.7 Å². The van der Waals surface area contributed by atoms with Crippen molar-refractivity contribution in [1.29, 1.82) is 0 Å². The summed E-state index contributed by atoms with van der Waals surface area (Å²) in [5.41, 5.74) is 5.36. The predicted octanol–water partition coefficient (Wildman–Crippen LogP) is 5.69. The van der Waals surface area contributed by atoms with Gasteiger partial charge in [-0.1, -0.05) is 48.9 Å². The molecule has 0 spiro atoms. The van der Waals surface area contributed by atoms with Gasteiger partial charge >= 0.3 is 0 Å². The number of rotatable bonds is 8. The highest BCUT2D eigenvalue weighted by atomic mass is 16.4. The van der Waals surface area contributed by atoms with Gasteiger partial charge in [-0.25, -0.2) is 0 Å². The van der Waals surface area contributed by atoms with Gasteiger partial charge in [0.1, 0.15) is 5.76 Å². The van der Waals surface area contributed by atoms with Crippen LogP contribution in [0, 0.1) is 6.92 Å². The molecule has 0 N–H and O–H groups in total. The third-order valence-electron chi connectivity index (χ3n) is 6.97. The lowest BCUT2D eigenvalue weighted by Crippen LogP contribution is -2.35. The molecule has 2 aromatic heterocycles. The van der Waals surface area contributed by atoms with Crippen LogP contribution >= 0.6 is 0 Å². The maximum absolute atomic E-state index is 13.2. The van der Waals surface area contributed by atoms with Crippen LogP contribution in [-0.2, 0) is 26.1 Å². The largest absolute Gasteiger partial charge is 0.454 e. The second-order valence-electron chi connectivity index (χ2n) is 9.73. The molecule has 4 aromatic rings. The van der Waals surface area contributed by atoms with E-state index < -0.39 is 0 Å². The van der Waals surface area contributed by atoms with E-state index in [-0.39, 0.29) is 11.8 Å². The summed E-state index contributed by atoms with van der Waals surface area (Å²) in [5.74, 6) is 1.03. The SMILES string of the molecule is CCCN(Cc1cccn1Cc1ccc(C(=O)N2CCc3ccccc3C2)o1)C(=O)c1ccc(C)cc1. The number of amides is 2. The number of fused-ring (bicyclic) bond motifs is 1. The zero-order valence-electron chi connectivity index (χ0n) is 21.5. The van der Waals surface area contributed by atoms with Crippen molar-refractivity contribution in [3.8, 4) is 0 Å². The lowest BCUT2D eigenvalue weighted by atomic mass is 10.00. The van der Waals surface area contributed by atoms with E-state index in [1.807, 2.05) is 77.5 Å². The number of carbonyl (C=O) groups is 2. The van der Waals surface area contributed by atoms with E-state index in [1.54, 1.807) is 6.07 Å². The molecule has 0 saturated carbocycles. The number of carbonyl (C=O) groups excluding carboxylic acids is 2. The van der Waals surface area contributed by atoms with Crippen LogP contribution in [0.25, 0.3) is 0 Å². The van der Waals surface area contributed by atoms with Gasteiger partial charge in [0.15, 0.2) is 5.76 Å². The van der Waals surface area contributed by atoms with E-state index in [0.717, 1.165) is 24.1 Å². The normalized spacial score (nSPS) is 12.9. The van der Waals surface area contributed by atoms with Crippen molar-refractivity contribution in [2.75, 3.05) is 13.1 Å². The summed E-state index contributed by atoms with van der Waals surface area (Å²) in [5, 5.41) is 0. The number of aryl methyl sites for hydroxylation is 1. The Morgan fingerprint density at radius 2 is 1.73 bits per heavy atom. The molecule has 37 heavy (non-hydrogen) atoms. The van der Waals surface area contributed by atoms with Gasteiger partial charge in [-0.3, -0.25) is 9.59 Å². The Labute approximate surface area is 218 Å². The van der Waals surface area contributed by atoms with Gasteiger partial charge in [-0.2, -0.15) is 0 Å². The second-order valence-corrected chi connectivity index (χ2v) is 9.73. The van der Waals surface area contributed by atoms with Crippen molar-refractivity contribution in [2.24, 2.45) is 0 Å². The summed E-state index contributed by atoms with van der Waals surface area (Å²) in [4.78, 5) is 30.1. The minimum Gasteiger partial charge on any atom is -0.454 e. The minimum atomic E-state index is -0.0775. The number of aromatic nitrogens is 1. The molecule has 1 aliphatic rings. The number of hydrogen-bond donors (Lipinski definition) is 0. The fourth-order valence-electron chi connectivity index (χ4n) is 4.91. The van der Waals surface area contributed by atoms with E-state index in [1.165, 1.54) is 11.1 Å². The first-order valence-corrected chi connectivity index (χ1v) is 13.0. The summed E-state index contributed by atoms with van der Waals surface area (Å²) in [6.45, 7) is 7.08. The van der Waals surface area contributed by atoms with Crippen molar-refractivity contribution < 1.29 is 14.0 Å². The smallest absolute Gasteiger partial charge is 0.289 e. The fraction of sp³-hybridized carbons (Fsp3) is 0.290. The van der Waals surface area contributed by atoms with E-state index in [2.05, 4.69) is 23.6 Å². The average Bonchev–Trinajstić information content (AvgIpc) is 3.57. The van der Waals surface area contributed by atoms with Crippen LogP contribution in [0.3, 0.4) is 0 Å². The van der Waals surface area contributed by atoms with Crippen molar-refractivity contribution in [3.63, 3.8) is 0 Å². The molecule has 0 fully saturated rings. The first kappa shape index (κ1) is 24.6. The Bertz CT molecular complexity index is 1380. The summed E-state index contributed by atoms with van der Waals surface area (Å²) in [6, 6.07) is 23.7. The molecule has 6 nitrogen and oxygen atoms in total. The predicted molar refractivity (Wildman–Crippen MR) is 143 cm³/mol. The number of furan rings is 1. The van der Waals surface area contributed by atoms with Crippen molar-refractivity contribution in [2.45, 2.75) is 46.3 Å². The first-order valence-electron chi connectivity index (χ1n) is 13.0. The van der Waals surface area contributed by atoms with Crippen LogP contribution < -0.4 is 0 Å². The number of benzene rings is 2. The van der Waals surface area contributed by atoms with Gasteiger partial charge in [0.2, 0.25) is 0 Å². The van der Waals surface area contributed by atoms with Crippen LogP contribution in [0.4, 0.5) is 0 Å². The summed E-state index contributed by atoms with van der Waals surface area (Å²) in [7, 11) is 0. The highest BCUT2D eigenvalue weighted by molar-refractivity contribution is 5.94. The van der Waals surface area contributed by atoms with E-state index in [9.17, 15) is 9.59 Å². The van der Waals surface area contributed by atoms with Gasteiger partial charge in [-0.05, 0) is 67.3 Å². The van der Waals surface area contributed by atoms with Crippen molar-refractivity contribution >= 4 is 11.8 Å². The molecule has 0 bridgehead atoms. The summed E-state index contributed by atoms with van der Waals surface area (Å²) >= 11 is 0. The molecule has 0 aliphatic carbocycles. The third-order valence-corrected chi connectivity index (χ3v) is 6.97. The Morgan fingerprint density at radius 1 is 0.946 bits per heavy atom. The van der Waals surface area contributed by atoms with Gasteiger partial charge < -0.3 is 18.8 Å². The highest BCUT2D eigenvalue weighted by Gasteiger charge is 2.24. The highest BCUT2D eigenvalue weighted by Crippen LogP contribution is 2.22. The molecule has 5 rings (SSSR count). The molecule has 1 aliphatic heterocycles. The van der Waals surface area contributed by atoms with Crippen LogP contribution in [0.1, 0.15) is 62.4 Å². The molecular formula is C31H33N3O3. The molecule has 2 aromatic carbocycles. The lowest BCUT2D eigenvalue weighted by Gasteiger charge is -2.28. The summed E-state index contributed by atoms with van der Waals surface area (Å²) in [6.07, 6.45) is 3.72. The maximum atomic E-state index is 13.2. The molecule has 2 amide bonds. The van der Waals surface area contributed by atoms with Crippen LogP contribution in [0.5, 0.6) is 0 Å². The quantitative estimate of drug-likeness (QED) is 0.316. The zero-order chi connectivity index (χ0) is 25.8. The minimum absolute atomic E-state index is 0.0311. The number of nitrogens with zero attached hydrogens (tertiary/aromatic N) is 3. The summed E-state index contributed by atoms with van der Waals surface area (Å²) < 4.78 is 8.08. The van der Waals surface area contributed by atoms with Crippen molar-refractivity contribution in [3.05, 3.63) is 118 Å². The molecule has 0 saturated heterocycles. The fourth-order valence-corrected chi connectivity index (χ4v) is 4.91. The molecule has 0 atom stereocenters.